The number of hydrazine groups is 1. The van der Waals surface area contributed by atoms with E-state index in [-0.39, 0.29) is 27.1 Å². The third-order valence-electron chi connectivity index (χ3n) is 4.20. The van der Waals surface area contributed by atoms with Crippen LogP contribution in [0.2, 0.25) is 10.2 Å². The first-order valence-electron chi connectivity index (χ1n) is 8.14. The van der Waals surface area contributed by atoms with Crippen molar-refractivity contribution < 1.29 is 19.1 Å². The summed E-state index contributed by atoms with van der Waals surface area (Å²) in [6.07, 6.45) is 2.12. The summed E-state index contributed by atoms with van der Waals surface area (Å²) in [4.78, 5) is 30.1. The summed E-state index contributed by atoms with van der Waals surface area (Å²) in [6, 6.07) is 6.35. The van der Waals surface area contributed by atoms with Gasteiger partial charge in [0.25, 0.3) is 11.8 Å². The maximum absolute atomic E-state index is 13.3. The fraction of sp³-hybridized carbons (Fsp3) is 0.278. The number of carbonyl (C=O) groups is 2. The summed E-state index contributed by atoms with van der Waals surface area (Å²) in [5, 5.41) is 3.06. The minimum absolute atomic E-state index is 0.0831. The molecule has 3 rings (SSSR count). The van der Waals surface area contributed by atoms with Crippen LogP contribution in [0.4, 0.5) is 0 Å². The van der Waals surface area contributed by atoms with E-state index in [9.17, 15) is 9.59 Å². The molecule has 2 amide bonds. The lowest BCUT2D eigenvalue weighted by molar-refractivity contribution is 0.0182. The molecule has 0 spiro atoms. The number of hydrogen-bond acceptors (Lipinski definition) is 5. The maximum atomic E-state index is 13.3. The van der Waals surface area contributed by atoms with E-state index in [4.69, 9.17) is 32.7 Å². The molecule has 2 aromatic rings. The number of aromatic nitrogens is 1. The maximum Gasteiger partial charge on any atom is 0.280 e. The van der Waals surface area contributed by atoms with E-state index in [1.807, 2.05) is 0 Å². The SMILES string of the molecule is COc1ccc(Cl)c(OC)c1C(=O)N1CCCN1C(=O)c1cccnc1Cl. The van der Waals surface area contributed by atoms with Crippen molar-refractivity contribution in [2.24, 2.45) is 0 Å². The smallest absolute Gasteiger partial charge is 0.280 e. The van der Waals surface area contributed by atoms with Gasteiger partial charge in [0.2, 0.25) is 0 Å². The zero-order valence-corrected chi connectivity index (χ0v) is 16.3. The van der Waals surface area contributed by atoms with Crippen LogP contribution >= 0.6 is 23.2 Å². The molecule has 1 aliphatic heterocycles. The molecule has 0 radical (unpaired) electrons. The molecular formula is C18H17Cl2N3O4. The van der Waals surface area contributed by atoms with E-state index >= 15 is 0 Å². The van der Waals surface area contributed by atoms with Crippen LogP contribution in [0.1, 0.15) is 27.1 Å². The molecule has 0 unspecified atom stereocenters. The Balaban J connectivity index is 1.99. The zero-order chi connectivity index (χ0) is 19.6. The normalized spacial score (nSPS) is 13.6. The largest absolute Gasteiger partial charge is 0.496 e. The van der Waals surface area contributed by atoms with E-state index < -0.39 is 11.8 Å². The Labute approximate surface area is 166 Å². The van der Waals surface area contributed by atoms with Crippen LogP contribution < -0.4 is 9.47 Å². The zero-order valence-electron chi connectivity index (χ0n) is 14.7. The van der Waals surface area contributed by atoms with Crippen molar-refractivity contribution in [1.29, 1.82) is 0 Å². The summed E-state index contributed by atoms with van der Waals surface area (Å²) in [6.45, 7) is 0.738. The Bertz CT molecular complexity index is 891. The molecule has 0 aliphatic carbocycles. The van der Waals surface area contributed by atoms with Gasteiger partial charge < -0.3 is 9.47 Å². The van der Waals surface area contributed by atoms with Crippen molar-refractivity contribution in [3.05, 3.63) is 51.8 Å². The quantitative estimate of drug-likeness (QED) is 0.724. The lowest BCUT2D eigenvalue weighted by atomic mass is 10.1. The summed E-state index contributed by atoms with van der Waals surface area (Å²) >= 11 is 12.2. The highest BCUT2D eigenvalue weighted by Crippen LogP contribution is 2.37. The third-order valence-corrected chi connectivity index (χ3v) is 4.80. The van der Waals surface area contributed by atoms with Gasteiger partial charge in [-0.3, -0.25) is 9.59 Å². The highest BCUT2D eigenvalue weighted by atomic mass is 35.5. The fourth-order valence-electron chi connectivity index (χ4n) is 2.96. The van der Waals surface area contributed by atoms with Gasteiger partial charge in [0, 0.05) is 19.3 Å². The number of hydrogen-bond donors (Lipinski definition) is 0. The molecule has 1 aromatic heterocycles. The van der Waals surface area contributed by atoms with Gasteiger partial charge in [-0.25, -0.2) is 15.0 Å². The Kier molecular flexibility index (Phi) is 5.72. The summed E-state index contributed by atoms with van der Waals surface area (Å²) < 4.78 is 10.6. The van der Waals surface area contributed by atoms with Crippen molar-refractivity contribution >= 4 is 35.0 Å². The van der Waals surface area contributed by atoms with Crippen LogP contribution in [0.5, 0.6) is 11.5 Å². The monoisotopic (exact) mass is 409 g/mol. The molecule has 0 atom stereocenters. The van der Waals surface area contributed by atoms with Gasteiger partial charge in [0.15, 0.2) is 5.75 Å². The Morgan fingerprint density at radius 2 is 1.74 bits per heavy atom. The summed E-state index contributed by atoms with van der Waals surface area (Å²) in [5.41, 5.74) is 0.383. The molecule has 142 valence electrons. The van der Waals surface area contributed by atoms with Crippen LogP contribution in [0.3, 0.4) is 0 Å². The topological polar surface area (TPSA) is 72.0 Å². The number of halogens is 2. The highest BCUT2D eigenvalue weighted by molar-refractivity contribution is 6.33. The van der Waals surface area contributed by atoms with E-state index in [1.54, 1.807) is 24.3 Å². The third kappa shape index (κ3) is 3.52. The summed E-state index contributed by atoms with van der Waals surface area (Å²) in [7, 11) is 2.86. The number of nitrogens with zero attached hydrogens (tertiary/aromatic N) is 3. The lowest BCUT2D eigenvalue weighted by Gasteiger charge is -2.29. The molecule has 27 heavy (non-hydrogen) atoms. The molecule has 1 fully saturated rings. The van der Waals surface area contributed by atoms with Crippen LogP contribution in [-0.4, -0.2) is 54.1 Å². The second kappa shape index (κ2) is 8.02. The van der Waals surface area contributed by atoms with Crippen molar-refractivity contribution in [2.75, 3.05) is 27.3 Å². The van der Waals surface area contributed by atoms with E-state index in [1.165, 1.54) is 30.4 Å². The van der Waals surface area contributed by atoms with Crippen LogP contribution in [-0.2, 0) is 0 Å². The van der Waals surface area contributed by atoms with Crippen molar-refractivity contribution in [2.45, 2.75) is 6.42 Å². The molecule has 1 aromatic carbocycles. The Hall–Kier alpha value is -2.51. The number of rotatable bonds is 4. The highest BCUT2D eigenvalue weighted by Gasteiger charge is 2.36. The van der Waals surface area contributed by atoms with Gasteiger partial charge in [-0.2, -0.15) is 0 Å². The van der Waals surface area contributed by atoms with Gasteiger partial charge >= 0.3 is 0 Å². The summed E-state index contributed by atoms with van der Waals surface area (Å²) in [5.74, 6) is -0.351. The predicted octanol–water partition coefficient (Wildman–Crippen LogP) is 3.31. The molecular weight excluding hydrogens is 393 g/mol. The molecule has 0 N–H and O–H groups in total. The predicted molar refractivity (Wildman–Crippen MR) is 100 cm³/mol. The minimum Gasteiger partial charge on any atom is -0.496 e. The van der Waals surface area contributed by atoms with E-state index in [2.05, 4.69) is 4.98 Å². The molecule has 0 saturated carbocycles. The van der Waals surface area contributed by atoms with Crippen LogP contribution in [0.25, 0.3) is 0 Å². The first-order chi connectivity index (χ1) is 13.0. The average molecular weight is 410 g/mol. The molecule has 2 heterocycles. The number of methoxy groups -OCH3 is 2. The number of ether oxygens (including phenoxy) is 2. The molecule has 7 nitrogen and oxygen atoms in total. The van der Waals surface area contributed by atoms with Gasteiger partial charge in [0.1, 0.15) is 16.5 Å². The standard InChI is InChI=1S/C18H17Cl2N3O4/c1-26-13-7-6-12(19)15(27-2)14(13)18(25)23-10-4-9-22(23)17(24)11-5-3-8-21-16(11)20/h3,5-8H,4,9-10H2,1-2H3. The second-order valence-corrected chi connectivity index (χ2v) is 6.48. The van der Waals surface area contributed by atoms with Crippen molar-refractivity contribution in [3.8, 4) is 11.5 Å². The van der Waals surface area contributed by atoms with Crippen molar-refractivity contribution in [1.82, 2.24) is 15.0 Å². The average Bonchev–Trinajstić information content (AvgIpc) is 3.16. The van der Waals surface area contributed by atoms with E-state index in [0.717, 1.165) is 0 Å². The molecule has 1 saturated heterocycles. The van der Waals surface area contributed by atoms with Gasteiger partial charge in [-0.15, -0.1) is 0 Å². The number of pyridine rings is 1. The van der Waals surface area contributed by atoms with E-state index in [0.29, 0.717) is 25.3 Å². The van der Waals surface area contributed by atoms with Gasteiger partial charge in [-0.05, 0) is 30.7 Å². The first-order valence-corrected chi connectivity index (χ1v) is 8.89. The van der Waals surface area contributed by atoms with Crippen molar-refractivity contribution in [3.63, 3.8) is 0 Å². The van der Waals surface area contributed by atoms with Gasteiger partial charge in [0.05, 0.1) is 24.8 Å². The van der Waals surface area contributed by atoms with Crippen LogP contribution in [0, 0.1) is 0 Å². The second-order valence-electron chi connectivity index (χ2n) is 5.71. The number of benzene rings is 1. The first kappa shape index (κ1) is 19.3. The van der Waals surface area contributed by atoms with Crippen LogP contribution in [0.15, 0.2) is 30.5 Å². The Morgan fingerprint density at radius 1 is 1.04 bits per heavy atom. The molecule has 1 aliphatic rings. The minimum atomic E-state index is -0.447. The number of carbonyl (C=O) groups excluding carboxylic acids is 2. The fourth-order valence-corrected chi connectivity index (χ4v) is 3.39. The number of amides is 2. The Morgan fingerprint density at radius 3 is 2.37 bits per heavy atom. The lowest BCUT2D eigenvalue weighted by Crippen LogP contribution is -2.45. The van der Waals surface area contributed by atoms with Gasteiger partial charge in [-0.1, -0.05) is 23.2 Å². The molecule has 9 heteroatoms. The molecule has 0 bridgehead atoms.